The third-order valence-corrected chi connectivity index (χ3v) is 4.14. The van der Waals surface area contributed by atoms with Crippen molar-refractivity contribution in [3.05, 3.63) is 23.9 Å². The largest absolute Gasteiger partial charge is 0.464 e. The van der Waals surface area contributed by atoms with Crippen LogP contribution in [0.1, 0.15) is 36.5 Å². The molecule has 1 atom stereocenters. The third kappa shape index (κ3) is 4.13. The lowest BCUT2D eigenvalue weighted by molar-refractivity contribution is -0.190. The van der Waals surface area contributed by atoms with Gasteiger partial charge in [0.1, 0.15) is 5.56 Å². The van der Waals surface area contributed by atoms with Crippen LogP contribution in [0.5, 0.6) is 5.88 Å². The number of hydrogen-bond acceptors (Lipinski definition) is 4. The molecule has 0 radical (unpaired) electrons. The summed E-state index contributed by atoms with van der Waals surface area (Å²) in [5, 5.41) is 12.0. The summed E-state index contributed by atoms with van der Waals surface area (Å²) in [6.07, 6.45) is -2.74. The number of hydrogen-bond donors (Lipinski definition) is 2. The zero-order chi connectivity index (χ0) is 17.1. The summed E-state index contributed by atoms with van der Waals surface area (Å²) in [6, 6.07) is 2.80. The summed E-state index contributed by atoms with van der Waals surface area (Å²) in [6.45, 7) is 1.09. The Balaban J connectivity index is 2.05. The van der Waals surface area contributed by atoms with E-state index in [1.807, 2.05) is 0 Å². The fourth-order valence-electron chi connectivity index (χ4n) is 2.32. The minimum Gasteiger partial charge on any atom is -0.464 e. The standard InChI is InChI=1S/C15H19F3N2O3/c1-10(15(16,17)18)23-13-11(4-2-7-19-13)12(22)20-8-14(9-21)5-3-6-14/h2,4,7,10,21H,3,5-6,8-9H2,1H3,(H,20,22)/t10-/m1/s1. The predicted octanol–water partition coefficient (Wildman–Crippen LogP) is 2.30. The molecule has 1 amide bonds. The molecule has 2 N–H and O–H groups in total. The van der Waals surface area contributed by atoms with Crippen molar-refractivity contribution in [1.29, 1.82) is 0 Å². The van der Waals surface area contributed by atoms with Crippen LogP contribution in [0.4, 0.5) is 13.2 Å². The summed E-state index contributed by atoms with van der Waals surface area (Å²) >= 11 is 0. The predicted molar refractivity (Wildman–Crippen MR) is 76.1 cm³/mol. The number of halogens is 3. The van der Waals surface area contributed by atoms with E-state index in [1.165, 1.54) is 18.3 Å². The number of aliphatic hydroxyl groups is 1. The normalized spacial score (nSPS) is 18.0. The topological polar surface area (TPSA) is 71.5 Å². The maximum atomic E-state index is 12.6. The molecular weight excluding hydrogens is 313 g/mol. The van der Waals surface area contributed by atoms with Crippen LogP contribution in [-0.4, -0.2) is 41.4 Å². The van der Waals surface area contributed by atoms with E-state index in [0.717, 1.165) is 26.2 Å². The SMILES string of the molecule is C[C@@H](Oc1ncccc1C(=O)NCC1(CO)CCC1)C(F)(F)F. The molecule has 0 saturated heterocycles. The molecule has 0 aromatic carbocycles. The summed E-state index contributed by atoms with van der Waals surface area (Å²) < 4.78 is 42.6. The summed E-state index contributed by atoms with van der Waals surface area (Å²) in [7, 11) is 0. The highest BCUT2D eigenvalue weighted by molar-refractivity contribution is 5.96. The molecule has 5 nitrogen and oxygen atoms in total. The number of nitrogens with one attached hydrogen (secondary N) is 1. The summed E-state index contributed by atoms with van der Waals surface area (Å²) in [5.74, 6) is -0.927. The van der Waals surface area contributed by atoms with Crippen LogP contribution in [0.3, 0.4) is 0 Å². The van der Waals surface area contributed by atoms with Crippen LogP contribution in [0.2, 0.25) is 0 Å². The van der Waals surface area contributed by atoms with E-state index in [9.17, 15) is 23.1 Å². The van der Waals surface area contributed by atoms with Crippen molar-refractivity contribution in [2.75, 3.05) is 13.2 Å². The third-order valence-electron chi connectivity index (χ3n) is 4.14. The number of aliphatic hydroxyl groups excluding tert-OH is 1. The van der Waals surface area contributed by atoms with Gasteiger partial charge in [-0.25, -0.2) is 4.98 Å². The van der Waals surface area contributed by atoms with Crippen molar-refractivity contribution in [2.24, 2.45) is 5.41 Å². The molecule has 0 unspecified atom stereocenters. The number of nitrogens with zero attached hydrogens (tertiary/aromatic N) is 1. The second-order valence-corrected chi connectivity index (χ2v) is 5.85. The van der Waals surface area contributed by atoms with E-state index in [1.54, 1.807) is 0 Å². The van der Waals surface area contributed by atoms with E-state index in [-0.39, 0.29) is 30.0 Å². The Kier molecular flexibility index (Phi) is 5.13. The van der Waals surface area contributed by atoms with E-state index < -0.39 is 18.2 Å². The molecule has 8 heteroatoms. The molecular formula is C15H19F3N2O3. The maximum absolute atomic E-state index is 12.6. The van der Waals surface area contributed by atoms with Crippen LogP contribution in [0.15, 0.2) is 18.3 Å². The van der Waals surface area contributed by atoms with Gasteiger partial charge in [-0.2, -0.15) is 13.2 Å². The van der Waals surface area contributed by atoms with Crippen molar-refractivity contribution in [3.8, 4) is 5.88 Å². The number of carbonyl (C=O) groups is 1. The number of carbonyl (C=O) groups excluding carboxylic acids is 1. The molecule has 1 aliphatic carbocycles. The molecule has 2 rings (SSSR count). The van der Waals surface area contributed by atoms with Gasteiger partial charge in [0.25, 0.3) is 5.91 Å². The average molecular weight is 332 g/mol. The lowest BCUT2D eigenvalue weighted by Crippen LogP contribution is -2.44. The Morgan fingerprint density at radius 3 is 2.74 bits per heavy atom. The van der Waals surface area contributed by atoms with Gasteiger partial charge in [-0.1, -0.05) is 6.42 Å². The van der Waals surface area contributed by atoms with Crippen LogP contribution in [0, 0.1) is 5.41 Å². The zero-order valence-electron chi connectivity index (χ0n) is 12.7. The molecule has 23 heavy (non-hydrogen) atoms. The molecule has 0 spiro atoms. The Hall–Kier alpha value is -1.83. The average Bonchev–Trinajstić information content (AvgIpc) is 2.46. The first-order valence-electron chi connectivity index (χ1n) is 7.35. The van der Waals surface area contributed by atoms with Crippen molar-refractivity contribution in [1.82, 2.24) is 10.3 Å². The fourth-order valence-corrected chi connectivity index (χ4v) is 2.32. The monoisotopic (exact) mass is 332 g/mol. The molecule has 1 heterocycles. The van der Waals surface area contributed by atoms with Gasteiger partial charge in [0.15, 0.2) is 6.10 Å². The highest BCUT2D eigenvalue weighted by Crippen LogP contribution is 2.39. The minimum absolute atomic E-state index is 0.0330. The quantitative estimate of drug-likeness (QED) is 0.838. The molecule has 128 valence electrons. The first-order chi connectivity index (χ1) is 10.8. The lowest BCUT2D eigenvalue weighted by atomic mass is 9.69. The lowest BCUT2D eigenvalue weighted by Gasteiger charge is -2.40. The number of rotatable bonds is 6. The highest BCUT2D eigenvalue weighted by atomic mass is 19.4. The van der Waals surface area contributed by atoms with Crippen molar-refractivity contribution in [3.63, 3.8) is 0 Å². The molecule has 0 bridgehead atoms. The molecule has 1 aromatic heterocycles. The van der Waals surface area contributed by atoms with Crippen LogP contribution < -0.4 is 10.1 Å². The Morgan fingerprint density at radius 2 is 2.22 bits per heavy atom. The molecule has 1 saturated carbocycles. The molecule has 1 aromatic rings. The Labute approximate surface area is 131 Å². The van der Waals surface area contributed by atoms with E-state index >= 15 is 0 Å². The first kappa shape index (κ1) is 17.5. The van der Waals surface area contributed by atoms with E-state index in [4.69, 9.17) is 4.74 Å². The maximum Gasteiger partial charge on any atom is 0.425 e. The Bertz CT molecular complexity index is 554. The van der Waals surface area contributed by atoms with Gasteiger partial charge in [0.2, 0.25) is 5.88 Å². The second kappa shape index (κ2) is 6.74. The highest BCUT2D eigenvalue weighted by Gasteiger charge is 2.39. The van der Waals surface area contributed by atoms with Gasteiger partial charge in [-0.15, -0.1) is 0 Å². The molecule has 1 fully saturated rings. The second-order valence-electron chi connectivity index (χ2n) is 5.85. The van der Waals surface area contributed by atoms with Crippen LogP contribution in [0.25, 0.3) is 0 Å². The molecule has 0 aliphatic heterocycles. The van der Waals surface area contributed by atoms with E-state index in [0.29, 0.717) is 0 Å². The van der Waals surface area contributed by atoms with Gasteiger partial charge in [-0.05, 0) is 31.9 Å². The van der Waals surface area contributed by atoms with Gasteiger partial charge in [0.05, 0.1) is 6.61 Å². The smallest absolute Gasteiger partial charge is 0.425 e. The van der Waals surface area contributed by atoms with Crippen LogP contribution >= 0.6 is 0 Å². The number of pyridine rings is 1. The van der Waals surface area contributed by atoms with Gasteiger partial charge in [-0.3, -0.25) is 4.79 Å². The summed E-state index contributed by atoms with van der Waals surface area (Å²) in [5.41, 5.74) is -0.381. The van der Waals surface area contributed by atoms with Gasteiger partial charge in [0, 0.05) is 18.2 Å². The number of amides is 1. The minimum atomic E-state index is -4.54. The van der Waals surface area contributed by atoms with Crippen LogP contribution in [-0.2, 0) is 0 Å². The number of ether oxygens (including phenoxy) is 1. The van der Waals surface area contributed by atoms with Crippen molar-refractivity contribution >= 4 is 5.91 Å². The van der Waals surface area contributed by atoms with E-state index in [2.05, 4.69) is 10.3 Å². The first-order valence-corrected chi connectivity index (χ1v) is 7.35. The zero-order valence-corrected chi connectivity index (χ0v) is 12.7. The summed E-state index contributed by atoms with van der Waals surface area (Å²) in [4.78, 5) is 15.9. The van der Waals surface area contributed by atoms with Crippen molar-refractivity contribution in [2.45, 2.75) is 38.5 Å². The number of alkyl halides is 3. The van der Waals surface area contributed by atoms with Gasteiger partial charge < -0.3 is 15.2 Å². The fraction of sp³-hybridized carbons (Fsp3) is 0.600. The van der Waals surface area contributed by atoms with Gasteiger partial charge >= 0.3 is 6.18 Å². The Morgan fingerprint density at radius 1 is 1.52 bits per heavy atom. The number of aromatic nitrogens is 1. The van der Waals surface area contributed by atoms with Crippen molar-refractivity contribution < 1.29 is 27.8 Å². The molecule has 1 aliphatic rings.